The Morgan fingerprint density at radius 3 is 0.933 bits per heavy atom. The molecule has 0 radical (unpaired) electrons. The van der Waals surface area contributed by atoms with Crippen molar-refractivity contribution in [3.8, 4) is 0 Å². The second kappa shape index (κ2) is 43.1. The second-order valence-electron chi connectivity index (χ2n) is 0.516. The van der Waals surface area contributed by atoms with Crippen molar-refractivity contribution in [1.82, 2.24) is 0 Å². The van der Waals surface area contributed by atoms with Crippen LogP contribution in [0, 0.1) is 0 Å². The molecule has 0 bridgehead atoms. The SMILES string of the molecule is C=O.O=S(O)S(=O)O.OSO.[Fe].[NaH].[NaH].[NaH]. The van der Waals surface area contributed by atoms with Gasteiger partial charge in [0.25, 0.3) is 20.2 Å². The maximum absolute atomic E-state index is 9.26. The van der Waals surface area contributed by atoms with E-state index in [0.29, 0.717) is 0 Å². The number of carbonyl (C=O) groups is 1. The summed E-state index contributed by atoms with van der Waals surface area (Å²) in [4.78, 5) is 8.00. The van der Waals surface area contributed by atoms with Gasteiger partial charge in [0, 0.05) is 17.1 Å². The summed E-state index contributed by atoms with van der Waals surface area (Å²) >= 11 is -0.250. The third-order valence-electron chi connectivity index (χ3n) is 0.122. The van der Waals surface area contributed by atoms with Gasteiger partial charge < -0.3 is 13.9 Å². The summed E-state index contributed by atoms with van der Waals surface area (Å²) in [6.45, 7) is 2.00. The molecule has 0 aromatic heterocycles. The van der Waals surface area contributed by atoms with E-state index in [0.717, 1.165) is 0 Å². The van der Waals surface area contributed by atoms with Crippen LogP contribution < -0.4 is 0 Å². The Morgan fingerprint density at radius 1 is 0.867 bits per heavy atom. The third-order valence-corrected chi connectivity index (χ3v) is 1.10. The molecular weight excluding hydrogens is 345 g/mol. The van der Waals surface area contributed by atoms with Gasteiger partial charge in [0.15, 0.2) is 12.3 Å². The van der Waals surface area contributed by atoms with Crippen LogP contribution in [-0.2, 0) is 42.1 Å². The van der Waals surface area contributed by atoms with Gasteiger partial charge in [-0.25, -0.2) is 8.42 Å². The van der Waals surface area contributed by atoms with Crippen molar-refractivity contribution in [3.63, 3.8) is 0 Å². The molecule has 4 N–H and O–H groups in total. The van der Waals surface area contributed by atoms with Crippen molar-refractivity contribution in [2.45, 2.75) is 0 Å². The molecule has 0 spiro atoms. The van der Waals surface area contributed by atoms with Gasteiger partial charge in [-0.2, -0.15) is 0 Å². The van der Waals surface area contributed by atoms with Crippen molar-refractivity contribution in [3.05, 3.63) is 0 Å². The molecule has 0 aliphatic carbocycles. The molecule has 2 atom stereocenters. The molecule has 84 valence electrons. The maximum atomic E-state index is 9.26. The second-order valence-corrected chi connectivity index (χ2v) is 3.26. The van der Waals surface area contributed by atoms with E-state index in [4.69, 9.17) is 23.0 Å². The molecule has 0 fully saturated rings. The average Bonchev–Trinajstić information content (AvgIpc) is 1.93. The predicted octanol–water partition coefficient (Wildman–Crippen LogP) is -2.12. The quantitative estimate of drug-likeness (QED) is 0.182. The van der Waals surface area contributed by atoms with E-state index in [1.165, 1.54) is 0 Å². The average molecular weight is 354 g/mol. The summed E-state index contributed by atoms with van der Waals surface area (Å²) in [6.07, 6.45) is 0. The van der Waals surface area contributed by atoms with Gasteiger partial charge in [-0.3, -0.25) is 9.11 Å². The van der Waals surface area contributed by atoms with E-state index >= 15 is 0 Å². The minimum atomic E-state index is -2.59. The van der Waals surface area contributed by atoms with Crippen molar-refractivity contribution >= 4 is 128 Å². The molecule has 0 rings (SSSR count). The molecule has 15 heavy (non-hydrogen) atoms. The van der Waals surface area contributed by atoms with E-state index in [9.17, 15) is 8.42 Å². The Morgan fingerprint density at radius 2 is 0.933 bits per heavy atom. The summed E-state index contributed by atoms with van der Waals surface area (Å²) < 4.78 is 47.7. The van der Waals surface area contributed by atoms with Crippen LogP contribution >= 0.6 is 12.3 Å². The molecule has 14 heteroatoms. The van der Waals surface area contributed by atoms with Crippen molar-refractivity contribution in [1.29, 1.82) is 0 Å². The topological polar surface area (TPSA) is 132 Å². The number of rotatable bonds is 1. The fourth-order valence-corrected chi connectivity index (χ4v) is 0. The molecule has 0 aromatic carbocycles. The monoisotopic (exact) mass is 354 g/mol. The summed E-state index contributed by atoms with van der Waals surface area (Å²) in [7, 11) is -5.18. The first kappa shape index (κ1) is 42.8. The van der Waals surface area contributed by atoms with Gasteiger partial charge in [0.05, 0.1) is 0 Å². The molecule has 0 heterocycles. The number of hydrogen-bond donors (Lipinski definition) is 4. The zero-order valence-electron chi connectivity index (χ0n) is 5.30. The number of hydrogen-bond acceptors (Lipinski definition) is 6. The zero-order valence-corrected chi connectivity index (χ0v) is 8.85. The Labute approximate surface area is 173 Å². The van der Waals surface area contributed by atoms with Gasteiger partial charge >= 0.3 is 88.7 Å². The van der Waals surface area contributed by atoms with Crippen LogP contribution in [0.15, 0.2) is 0 Å². The van der Waals surface area contributed by atoms with Crippen LogP contribution in [0.1, 0.15) is 0 Å². The zero-order chi connectivity index (χ0) is 9.86. The van der Waals surface area contributed by atoms with Crippen LogP contribution in [-0.4, -0.2) is 122 Å². The third kappa shape index (κ3) is 73.7. The van der Waals surface area contributed by atoms with Crippen LogP contribution in [0.25, 0.3) is 0 Å². The Bertz CT molecular complexity index is 116. The van der Waals surface area contributed by atoms with Gasteiger partial charge in [0.2, 0.25) is 0 Å². The normalized spacial score (nSPS) is 9.33. The standard InChI is InChI=1S/CH2O.Fe.3Na.H2O4S2.H2O2S.3H/c1-2;;;;;1-5(2)6(3)4;1-3-2;;;/h1H2;;;;;(H,1,2)(H,3,4);1-2H;;;. The summed E-state index contributed by atoms with van der Waals surface area (Å²) in [6, 6.07) is 0. The Kier molecular flexibility index (Phi) is 123. The van der Waals surface area contributed by atoms with Crippen LogP contribution in [0.5, 0.6) is 0 Å². The first-order valence-electron chi connectivity index (χ1n) is 1.52. The number of carbonyl (C=O) groups excluding carboxylic acids is 1. The van der Waals surface area contributed by atoms with Gasteiger partial charge in [-0.15, -0.1) is 0 Å². The predicted molar refractivity (Wildman–Crippen MR) is 63.0 cm³/mol. The summed E-state index contributed by atoms with van der Waals surface area (Å²) in [5.41, 5.74) is 0. The van der Waals surface area contributed by atoms with E-state index < -0.39 is 20.2 Å². The molecule has 7 nitrogen and oxygen atoms in total. The van der Waals surface area contributed by atoms with Crippen LogP contribution in [0.2, 0.25) is 0 Å². The molecule has 0 aromatic rings. The summed E-state index contributed by atoms with van der Waals surface area (Å²) in [5.74, 6) is 0. The van der Waals surface area contributed by atoms with Crippen molar-refractivity contribution in [2.24, 2.45) is 0 Å². The molecule has 0 aliphatic rings. The minimum absolute atomic E-state index is 0. The molecule has 2 unspecified atom stereocenters. The van der Waals surface area contributed by atoms with Crippen LogP contribution in [0.3, 0.4) is 0 Å². The summed E-state index contributed by atoms with van der Waals surface area (Å²) in [5, 5.41) is 0. The first-order valence-corrected chi connectivity index (χ1v) is 4.98. The molecule has 0 aliphatic heterocycles. The molecular formula is CH9FeNa3O7S3. The van der Waals surface area contributed by atoms with Gasteiger partial charge in [-0.1, -0.05) is 0 Å². The Hall–Kier alpha value is 3.68. The Balaban J connectivity index is -0.0000000128. The van der Waals surface area contributed by atoms with E-state index in [-0.39, 0.29) is 118 Å². The first-order chi connectivity index (χ1) is 5.06. The fourth-order valence-electron chi connectivity index (χ4n) is 0. The van der Waals surface area contributed by atoms with E-state index in [2.05, 4.69) is 0 Å². The molecule has 0 saturated carbocycles. The molecule has 0 amide bonds. The van der Waals surface area contributed by atoms with Crippen molar-refractivity contribution in [2.75, 3.05) is 0 Å². The van der Waals surface area contributed by atoms with E-state index in [1.54, 1.807) is 0 Å². The van der Waals surface area contributed by atoms with Gasteiger partial charge in [0.1, 0.15) is 6.79 Å². The van der Waals surface area contributed by atoms with Crippen LogP contribution in [0.4, 0.5) is 0 Å². The van der Waals surface area contributed by atoms with E-state index in [1.807, 2.05) is 6.79 Å². The van der Waals surface area contributed by atoms with Crippen molar-refractivity contribution < 1.29 is 48.5 Å². The fraction of sp³-hybridized carbons (Fsp3) is 0. The van der Waals surface area contributed by atoms with Gasteiger partial charge in [-0.05, 0) is 0 Å². The molecule has 0 saturated heterocycles.